The van der Waals surface area contributed by atoms with Crippen LogP contribution in [0.5, 0.6) is 0 Å². The molecule has 0 radical (unpaired) electrons. The zero-order valence-corrected chi connectivity index (χ0v) is 9.43. The van der Waals surface area contributed by atoms with Gasteiger partial charge in [0.25, 0.3) is 5.91 Å². The van der Waals surface area contributed by atoms with Gasteiger partial charge < -0.3 is 11.1 Å². The maximum atomic E-state index is 11.9. The number of anilines is 1. The molecule has 0 spiro atoms. The van der Waals surface area contributed by atoms with Gasteiger partial charge in [-0.2, -0.15) is 18.3 Å². The summed E-state index contributed by atoms with van der Waals surface area (Å²) in [7, 11) is 1.50. The molecule has 0 aliphatic heterocycles. The molecule has 0 bridgehead atoms. The van der Waals surface area contributed by atoms with Gasteiger partial charge in [-0.15, -0.1) is 0 Å². The van der Waals surface area contributed by atoms with E-state index in [-0.39, 0.29) is 11.4 Å². The van der Waals surface area contributed by atoms with E-state index in [2.05, 4.69) is 10.4 Å². The molecule has 1 amide bonds. The highest BCUT2D eigenvalue weighted by molar-refractivity contribution is 5.97. The van der Waals surface area contributed by atoms with Crippen LogP contribution in [0.2, 0.25) is 0 Å². The Balaban J connectivity index is 2.65. The molecule has 1 rings (SSSR count). The SMILES string of the molecule is Cc1nn(C)c(C(=O)NCCC(F)(F)F)c1N. The minimum atomic E-state index is -4.29. The summed E-state index contributed by atoms with van der Waals surface area (Å²) < 4.78 is 36.9. The molecule has 0 atom stereocenters. The molecular formula is C9H13F3N4O. The molecule has 0 saturated carbocycles. The summed E-state index contributed by atoms with van der Waals surface area (Å²) in [5.41, 5.74) is 6.31. The topological polar surface area (TPSA) is 72.9 Å². The van der Waals surface area contributed by atoms with Crippen molar-refractivity contribution in [1.82, 2.24) is 15.1 Å². The molecule has 3 N–H and O–H groups in total. The second kappa shape index (κ2) is 4.64. The van der Waals surface area contributed by atoms with Gasteiger partial charge in [0.1, 0.15) is 5.69 Å². The number of nitrogens with zero attached hydrogens (tertiary/aromatic N) is 2. The number of alkyl halides is 3. The summed E-state index contributed by atoms with van der Waals surface area (Å²) in [6.07, 6.45) is -5.36. The van der Waals surface area contributed by atoms with Gasteiger partial charge >= 0.3 is 6.18 Å². The van der Waals surface area contributed by atoms with E-state index in [9.17, 15) is 18.0 Å². The average molecular weight is 250 g/mol. The Bertz CT molecular complexity index is 425. The van der Waals surface area contributed by atoms with Gasteiger partial charge in [0.2, 0.25) is 0 Å². The van der Waals surface area contributed by atoms with Gasteiger partial charge in [-0.05, 0) is 6.92 Å². The fraction of sp³-hybridized carbons (Fsp3) is 0.556. The van der Waals surface area contributed by atoms with E-state index in [0.29, 0.717) is 5.69 Å². The quantitative estimate of drug-likeness (QED) is 0.840. The first-order valence-electron chi connectivity index (χ1n) is 4.86. The number of nitrogens with one attached hydrogen (secondary N) is 1. The summed E-state index contributed by atoms with van der Waals surface area (Å²) in [6, 6.07) is 0. The van der Waals surface area contributed by atoms with Crippen LogP contribution in [-0.4, -0.2) is 28.4 Å². The van der Waals surface area contributed by atoms with E-state index in [1.54, 1.807) is 6.92 Å². The number of nitrogens with two attached hydrogens (primary N) is 1. The Hall–Kier alpha value is -1.73. The van der Waals surface area contributed by atoms with Gasteiger partial charge in [-0.3, -0.25) is 9.48 Å². The van der Waals surface area contributed by atoms with Crippen LogP contribution in [0.1, 0.15) is 22.6 Å². The monoisotopic (exact) mass is 250 g/mol. The van der Waals surface area contributed by atoms with Crippen molar-refractivity contribution in [3.8, 4) is 0 Å². The predicted molar refractivity (Wildman–Crippen MR) is 55.4 cm³/mol. The number of amides is 1. The molecule has 0 aromatic carbocycles. The molecular weight excluding hydrogens is 237 g/mol. The number of carbonyl (C=O) groups excluding carboxylic acids is 1. The summed E-state index contributed by atoms with van der Waals surface area (Å²) in [6.45, 7) is 1.13. The molecule has 5 nitrogen and oxygen atoms in total. The van der Waals surface area contributed by atoms with Crippen molar-refractivity contribution in [2.45, 2.75) is 19.5 Å². The molecule has 8 heteroatoms. The third kappa shape index (κ3) is 3.36. The first kappa shape index (κ1) is 13.3. The lowest BCUT2D eigenvalue weighted by molar-refractivity contribution is -0.132. The largest absolute Gasteiger partial charge is 0.395 e. The Morgan fingerprint density at radius 3 is 2.53 bits per heavy atom. The van der Waals surface area contributed by atoms with Gasteiger partial charge in [0.05, 0.1) is 17.8 Å². The normalized spacial score (nSPS) is 11.6. The number of hydrogen-bond acceptors (Lipinski definition) is 3. The van der Waals surface area contributed by atoms with Crippen LogP contribution in [0.25, 0.3) is 0 Å². The van der Waals surface area contributed by atoms with Gasteiger partial charge in [-0.1, -0.05) is 0 Å². The lowest BCUT2D eigenvalue weighted by atomic mass is 10.3. The molecule has 0 aliphatic rings. The first-order valence-corrected chi connectivity index (χ1v) is 4.86. The van der Waals surface area contributed by atoms with Crippen molar-refractivity contribution >= 4 is 11.6 Å². The van der Waals surface area contributed by atoms with Crippen LogP contribution in [0.3, 0.4) is 0 Å². The molecule has 0 saturated heterocycles. The molecule has 0 aliphatic carbocycles. The van der Waals surface area contributed by atoms with E-state index in [1.165, 1.54) is 11.7 Å². The number of halogens is 3. The second-order valence-electron chi connectivity index (χ2n) is 3.59. The van der Waals surface area contributed by atoms with Crippen molar-refractivity contribution < 1.29 is 18.0 Å². The van der Waals surface area contributed by atoms with Crippen molar-refractivity contribution in [2.75, 3.05) is 12.3 Å². The highest BCUT2D eigenvalue weighted by Gasteiger charge is 2.27. The predicted octanol–water partition coefficient (Wildman–Crippen LogP) is 0.993. The van der Waals surface area contributed by atoms with Crippen molar-refractivity contribution in [3.05, 3.63) is 11.4 Å². The van der Waals surface area contributed by atoms with Gasteiger partial charge in [0.15, 0.2) is 0 Å². The van der Waals surface area contributed by atoms with Crippen LogP contribution in [0, 0.1) is 6.92 Å². The molecule has 1 heterocycles. The molecule has 0 unspecified atom stereocenters. The molecule has 1 aromatic rings. The minimum Gasteiger partial charge on any atom is -0.395 e. The van der Waals surface area contributed by atoms with Crippen molar-refractivity contribution in [2.24, 2.45) is 7.05 Å². The summed E-state index contributed by atoms with van der Waals surface area (Å²) >= 11 is 0. The maximum absolute atomic E-state index is 11.9. The fourth-order valence-electron chi connectivity index (χ4n) is 1.35. The molecule has 96 valence electrons. The van der Waals surface area contributed by atoms with Crippen molar-refractivity contribution in [3.63, 3.8) is 0 Å². The van der Waals surface area contributed by atoms with E-state index >= 15 is 0 Å². The lowest BCUT2D eigenvalue weighted by Crippen LogP contribution is -2.30. The first-order chi connectivity index (χ1) is 7.72. The van der Waals surface area contributed by atoms with Gasteiger partial charge in [0, 0.05) is 13.6 Å². The van der Waals surface area contributed by atoms with Crippen molar-refractivity contribution in [1.29, 1.82) is 0 Å². The fourth-order valence-corrected chi connectivity index (χ4v) is 1.35. The number of hydrogen-bond donors (Lipinski definition) is 2. The summed E-state index contributed by atoms with van der Waals surface area (Å²) in [5.74, 6) is -0.658. The average Bonchev–Trinajstić information content (AvgIpc) is 2.38. The Morgan fingerprint density at radius 2 is 2.12 bits per heavy atom. The number of rotatable bonds is 3. The second-order valence-corrected chi connectivity index (χ2v) is 3.59. The Labute approximate surface area is 95.8 Å². The van der Waals surface area contributed by atoms with Crippen LogP contribution in [-0.2, 0) is 7.05 Å². The summed E-state index contributed by atoms with van der Waals surface area (Å²) in [4.78, 5) is 11.6. The van der Waals surface area contributed by atoms with Crippen LogP contribution >= 0.6 is 0 Å². The minimum absolute atomic E-state index is 0.0738. The molecule has 17 heavy (non-hydrogen) atoms. The number of carbonyl (C=O) groups is 1. The molecule has 1 aromatic heterocycles. The Morgan fingerprint density at radius 1 is 1.53 bits per heavy atom. The number of aromatic nitrogens is 2. The summed E-state index contributed by atoms with van der Waals surface area (Å²) in [5, 5.41) is 6.05. The van der Waals surface area contributed by atoms with Gasteiger partial charge in [-0.25, -0.2) is 0 Å². The third-order valence-corrected chi connectivity index (χ3v) is 2.18. The maximum Gasteiger partial charge on any atom is 0.390 e. The smallest absolute Gasteiger partial charge is 0.390 e. The zero-order chi connectivity index (χ0) is 13.2. The lowest BCUT2D eigenvalue weighted by Gasteiger charge is -2.08. The van der Waals surface area contributed by atoms with E-state index in [0.717, 1.165) is 0 Å². The Kier molecular flexibility index (Phi) is 3.64. The van der Waals surface area contributed by atoms with Crippen LogP contribution in [0.4, 0.5) is 18.9 Å². The standard InChI is InChI=1S/C9H13F3N4O/c1-5-6(13)7(16(2)15-5)8(17)14-4-3-9(10,11)12/h3-4,13H2,1-2H3,(H,14,17). The highest BCUT2D eigenvalue weighted by atomic mass is 19.4. The van der Waals surface area contributed by atoms with E-state index in [4.69, 9.17) is 5.73 Å². The number of nitrogen functional groups attached to an aromatic ring is 1. The molecule has 0 fully saturated rings. The van der Waals surface area contributed by atoms with Crippen LogP contribution in [0.15, 0.2) is 0 Å². The van der Waals surface area contributed by atoms with E-state index in [1.807, 2.05) is 0 Å². The van der Waals surface area contributed by atoms with Crippen LogP contribution < -0.4 is 11.1 Å². The third-order valence-electron chi connectivity index (χ3n) is 2.18. The highest BCUT2D eigenvalue weighted by Crippen LogP contribution is 2.19. The van der Waals surface area contributed by atoms with E-state index < -0.39 is 25.0 Å². The zero-order valence-electron chi connectivity index (χ0n) is 9.43. The number of aryl methyl sites for hydroxylation is 2.